The Morgan fingerprint density at radius 2 is 1.83 bits per heavy atom. The molecule has 0 heterocycles. The van der Waals surface area contributed by atoms with Gasteiger partial charge in [-0.15, -0.1) is 0 Å². The van der Waals surface area contributed by atoms with Crippen molar-refractivity contribution < 1.29 is 22.7 Å². The molecule has 1 rings (SSSR count). The van der Waals surface area contributed by atoms with Crippen molar-refractivity contribution in [1.82, 2.24) is 0 Å². The van der Waals surface area contributed by atoms with E-state index in [0.717, 1.165) is 5.69 Å². The molecular formula is C11H13F3N2O2. The van der Waals surface area contributed by atoms with Crippen LogP contribution in [0.25, 0.3) is 0 Å². The smallest absolute Gasteiger partial charge is 0.422 e. The summed E-state index contributed by atoms with van der Waals surface area (Å²) in [7, 11) is 3.69. The summed E-state index contributed by atoms with van der Waals surface area (Å²) in [5, 5.41) is 2.20. The number of hydrogen-bond donors (Lipinski definition) is 1. The number of amides is 1. The molecule has 0 spiro atoms. The van der Waals surface area contributed by atoms with Crippen molar-refractivity contribution >= 4 is 17.5 Å². The zero-order valence-corrected chi connectivity index (χ0v) is 9.91. The molecule has 0 aliphatic rings. The van der Waals surface area contributed by atoms with Gasteiger partial charge in [-0.3, -0.25) is 5.32 Å². The van der Waals surface area contributed by atoms with Gasteiger partial charge in [0.05, 0.1) is 0 Å². The number of nitrogens with zero attached hydrogens (tertiary/aromatic N) is 1. The third kappa shape index (κ3) is 4.94. The molecule has 0 bridgehead atoms. The lowest BCUT2D eigenvalue weighted by Gasteiger charge is -2.13. The maximum Gasteiger partial charge on any atom is 0.422 e. The van der Waals surface area contributed by atoms with E-state index in [1.54, 1.807) is 24.3 Å². The zero-order chi connectivity index (χ0) is 13.8. The Kier molecular flexibility index (Phi) is 4.41. The molecule has 1 N–H and O–H groups in total. The van der Waals surface area contributed by atoms with Gasteiger partial charge in [0.25, 0.3) is 0 Å². The predicted molar refractivity (Wildman–Crippen MR) is 61.8 cm³/mol. The molecule has 100 valence electrons. The van der Waals surface area contributed by atoms with Crippen LogP contribution in [0.4, 0.5) is 29.3 Å². The molecule has 4 nitrogen and oxygen atoms in total. The van der Waals surface area contributed by atoms with Crippen LogP contribution in [0.2, 0.25) is 0 Å². The number of nitrogens with one attached hydrogen (secondary N) is 1. The van der Waals surface area contributed by atoms with E-state index in [2.05, 4.69) is 10.1 Å². The lowest BCUT2D eigenvalue weighted by atomic mass is 10.2. The van der Waals surface area contributed by atoms with Crippen LogP contribution in [0.1, 0.15) is 0 Å². The van der Waals surface area contributed by atoms with Crippen LogP contribution < -0.4 is 10.2 Å². The fourth-order valence-electron chi connectivity index (χ4n) is 1.14. The summed E-state index contributed by atoms with van der Waals surface area (Å²) >= 11 is 0. The Hall–Kier alpha value is -1.92. The van der Waals surface area contributed by atoms with Crippen LogP contribution in [0.3, 0.4) is 0 Å². The standard InChI is InChI=1S/C11H13F3N2O2/c1-16(2)9-5-3-8(4-6-9)15-10(17)18-7-11(12,13)14/h3-6H,7H2,1-2H3,(H,15,17). The molecule has 18 heavy (non-hydrogen) atoms. The number of carbonyl (C=O) groups excluding carboxylic acids is 1. The average Bonchev–Trinajstić information content (AvgIpc) is 2.26. The van der Waals surface area contributed by atoms with Crippen LogP contribution in [-0.4, -0.2) is 33.0 Å². The van der Waals surface area contributed by atoms with Crippen molar-refractivity contribution in [3.63, 3.8) is 0 Å². The number of ether oxygens (including phenoxy) is 1. The van der Waals surface area contributed by atoms with Gasteiger partial charge in [0.15, 0.2) is 6.61 Å². The zero-order valence-electron chi connectivity index (χ0n) is 9.91. The Morgan fingerprint density at radius 3 is 2.28 bits per heavy atom. The molecule has 0 aromatic heterocycles. The van der Waals surface area contributed by atoms with E-state index in [-0.39, 0.29) is 0 Å². The molecule has 1 aromatic rings. The third-order valence-corrected chi connectivity index (χ3v) is 2.00. The summed E-state index contributed by atoms with van der Waals surface area (Å²) in [4.78, 5) is 12.9. The van der Waals surface area contributed by atoms with Crippen molar-refractivity contribution in [2.45, 2.75) is 6.18 Å². The van der Waals surface area contributed by atoms with Gasteiger partial charge in [-0.1, -0.05) is 0 Å². The molecule has 0 unspecified atom stereocenters. The van der Waals surface area contributed by atoms with Crippen LogP contribution in [0.5, 0.6) is 0 Å². The SMILES string of the molecule is CN(C)c1ccc(NC(=O)OCC(F)(F)F)cc1. The molecule has 0 saturated heterocycles. The second kappa shape index (κ2) is 5.61. The highest BCUT2D eigenvalue weighted by Crippen LogP contribution is 2.17. The average molecular weight is 262 g/mol. The Morgan fingerprint density at radius 1 is 1.28 bits per heavy atom. The first-order valence-electron chi connectivity index (χ1n) is 5.06. The van der Waals surface area contributed by atoms with Crippen molar-refractivity contribution in [3.8, 4) is 0 Å². The van der Waals surface area contributed by atoms with Gasteiger partial charge in [-0.05, 0) is 24.3 Å². The van der Waals surface area contributed by atoms with Crippen molar-refractivity contribution in [3.05, 3.63) is 24.3 Å². The molecule has 0 atom stereocenters. The topological polar surface area (TPSA) is 41.6 Å². The van der Waals surface area contributed by atoms with E-state index in [1.807, 2.05) is 19.0 Å². The maximum absolute atomic E-state index is 11.8. The van der Waals surface area contributed by atoms with Crippen molar-refractivity contribution in [1.29, 1.82) is 0 Å². The molecule has 0 aliphatic carbocycles. The number of alkyl halides is 3. The predicted octanol–water partition coefficient (Wildman–Crippen LogP) is 2.86. The van der Waals surface area contributed by atoms with Gasteiger partial charge in [0, 0.05) is 25.5 Å². The molecule has 1 amide bonds. The second-order valence-corrected chi connectivity index (χ2v) is 3.76. The molecule has 7 heteroatoms. The van der Waals surface area contributed by atoms with E-state index < -0.39 is 18.9 Å². The number of carbonyl (C=O) groups is 1. The van der Waals surface area contributed by atoms with Gasteiger partial charge in [0.1, 0.15) is 0 Å². The monoisotopic (exact) mass is 262 g/mol. The Balaban J connectivity index is 2.50. The lowest BCUT2D eigenvalue weighted by Crippen LogP contribution is -2.23. The first kappa shape index (κ1) is 14.1. The number of anilines is 2. The van der Waals surface area contributed by atoms with Gasteiger partial charge in [-0.2, -0.15) is 13.2 Å². The fraction of sp³-hybridized carbons (Fsp3) is 0.364. The van der Waals surface area contributed by atoms with E-state index >= 15 is 0 Å². The highest BCUT2D eigenvalue weighted by Gasteiger charge is 2.29. The third-order valence-electron chi connectivity index (χ3n) is 2.00. The molecule has 0 fully saturated rings. The Labute approximate surface area is 102 Å². The first-order valence-corrected chi connectivity index (χ1v) is 5.06. The summed E-state index contributed by atoms with van der Waals surface area (Å²) in [6, 6.07) is 6.59. The summed E-state index contributed by atoms with van der Waals surface area (Å²) < 4.78 is 39.4. The summed E-state index contributed by atoms with van der Waals surface area (Å²) in [5.74, 6) is 0. The second-order valence-electron chi connectivity index (χ2n) is 3.76. The van der Waals surface area contributed by atoms with E-state index in [9.17, 15) is 18.0 Å². The largest absolute Gasteiger partial charge is 0.440 e. The molecule has 1 aromatic carbocycles. The number of benzene rings is 1. The molecule has 0 radical (unpaired) electrons. The minimum absolute atomic E-state index is 0.368. The van der Waals surface area contributed by atoms with E-state index in [4.69, 9.17) is 0 Å². The van der Waals surface area contributed by atoms with Crippen molar-refractivity contribution in [2.75, 3.05) is 30.9 Å². The van der Waals surface area contributed by atoms with E-state index in [1.165, 1.54) is 0 Å². The molecular weight excluding hydrogens is 249 g/mol. The van der Waals surface area contributed by atoms with Gasteiger partial charge < -0.3 is 9.64 Å². The van der Waals surface area contributed by atoms with Gasteiger partial charge >= 0.3 is 12.3 Å². The Bertz CT molecular complexity index is 402. The highest BCUT2D eigenvalue weighted by molar-refractivity contribution is 5.84. The summed E-state index contributed by atoms with van der Waals surface area (Å²) in [5.41, 5.74) is 1.27. The van der Waals surface area contributed by atoms with Crippen molar-refractivity contribution in [2.24, 2.45) is 0 Å². The molecule has 0 saturated carbocycles. The van der Waals surface area contributed by atoms with Crippen LogP contribution in [0, 0.1) is 0 Å². The van der Waals surface area contributed by atoms with Gasteiger partial charge in [0.2, 0.25) is 0 Å². The lowest BCUT2D eigenvalue weighted by molar-refractivity contribution is -0.159. The first-order chi connectivity index (χ1) is 8.28. The summed E-state index contributed by atoms with van der Waals surface area (Å²) in [6.45, 7) is -1.60. The molecule has 0 aliphatic heterocycles. The van der Waals surface area contributed by atoms with Crippen LogP contribution >= 0.6 is 0 Å². The van der Waals surface area contributed by atoms with E-state index in [0.29, 0.717) is 5.69 Å². The quantitative estimate of drug-likeness (QED) is 0.910. The van der Waals surface area contributed by atoms with Crippen LogP contribution in [0.15, 0.2) is 24.3 Å². The minimum Gasteiger partial charge on any atom is -0.440 e. The number of hydrogen-bond acceptors (Lipinski definition) is 3. The normalized spacial score (nSPS) is 10.9. The maximum atomic E-state index is 11.8. The van der Waals surface area contributed by atoms with Gasteiger partial charge in [-0.25, -0.2) is 4.79 Å². The number of halogens is 3. The number of rotatable bonds is 3. The van der Waals surface area contributed by atoms with Crippen LogP contribution in [-0.2, 0) is 4.74 Å². The minimum atomic E-state index is -4.52. The fourth-order valence-corrected chi connectivity index (χ4v) is 1.14. The summed E-state index contributed by atoms with van der Waals surface area (Å²) in [6.07, 6.45) is -5.66. The highest BCUT2D eigenvalue weighted by atomic mass is 19.4.